The van der Waals surface area contributed by atoms with Crippen molar-refractivity contribution in [3.63, 3.8) is 0 Å². The van der Waals surface area contributed by atoms with Crippen molar-refractivity contribution in [2.45, 2.75) is 40.2 Å². The molecule has 0 rings (SSSR count). The highest BCUT2D eigenvalue weighted by atomic mass is 32.2. The quantitative estimate of drug-likeness (QED) is 0.596. The molecule has 8 heteroatoms. The molecule has 0 radical (unpaired) electrons. The number of allylic oxidation sites excluding steroid dienone is 1. The van der Waals surface area contributed by atoms with Crippen LogP contribution < -0.4 is 5.73 Å². The van der Waals surface area contributed by atoms with Crippen LogP contribution >= 0.6 is 0 Å². The van der Waals surface area contributed by atoms with E-state index in [1.165, 1.54) is 20.8 Å². The van der Waals surface area contributed by atoms with E-state index in [0.29, 0.717) is 9.88 Å². The topological polar surface area (TPSA) is 118 Å². The predicted molar refractivity (Wildman–Crippen MR) is 77.0 cm³/mol. The van der Waals surface area contributed by atoms with Crippen molar-refractivity contribution in [1.82, 2.24) is 4.31 Å². The van der Waals surface area contributed by atoms with Gasteiger partial charge >= 0.3 is 10.3 Å². The molecule has 7 nitrogen and oxygen atoms in total. The van der Waals surface area contributed by atoms with Crippen molar-refractivity contribution in [1.29, 1.82) is 0 Å². The van der Waals surface area contributed by atoms with E-state index in [9.17, 15) is 18.0 Å². The van der Waals surface area contributed by atoms with Crippen LogP contribution in [0.4, 0.5) is 0 Å². The average molecular weight is 306 g/mol. The minimum atomic E-state index is -4.52. The summed E-state index contributed by atoms with van der Waals surface area (Å²) < 4.78 is 30.7. The van der Waals surface area contributed by atoms with Crippen LogP contribution in [-0.4, -0.2) is 34.6 Å². The molecule has 116 valence electrons. The zero-order valence-corrected chi connectivity index (χ0v) is 13.2. The minimum absolute atomic E-state index is 0.345. The maximum Gasteiger partial charge on any atom is 0.362 e. The summed E-state index contributed by atoms with van der Waals surface area (Å²) in [7, 11) is -4.52. The summed E-state index contributed by atoms with van der Waals surface area (Å²) in [6, 6.07) is 0. The Morgan fingerprint density at radius 2 is 1.70 bits per heavy atom. The second kappa shape index (κ2) is 7.81. The predicted octanol–water partition coefficient (Wildman–Crippen LogP) is 1.04. The summed E-state index contributed by atoms with van der Waals surface area (Å²) in [5.41, 5.74) is 4.45. The lowest BCUT2D eigenvalue weighted by atomic mass is 10.1. The van der Waals surface area contributed by atoms with Crippen molar-refractivity contribution in [3.8, 4) is 0 Å². The van der Waals surface area contributed by atoms with Crippen LogP contribution in [0.1, 0.15) is 34.6 Å². The lowest BCUT2D eigenvalue weighted by Crippen LogP contribution is -2.48. The van der Waals surface area contributed by atoms with Crippen LogP contribution in [0.3, 0.4) is 0 Å². The van der Waals surface area contributed by atoms with E-state index in [1.807, 2.05) is 0 Å². The molecule has 2 amide bonds. The van der Waals surface area contributed by atoms with Gasteiger partial charge in [0.25, 0.3) is 5.91 Å². The molecule has 0 aromatic heterocycles. The lowest BCUT2D eigenvalue weighted by molar-refractivity contribution is -0.124. The molecule has 0 aromatic carbocycles. The maximum absolute atomic E-state index is 11.1. The van der Waals surface area contributed by atoms with Crippen molar-refractivity contribution in [2.24, 2.45) is 5.73 Å². The van der Waals surface area contributed by atoms with Gasteiger partial charge in [0.1, 0.15) is 0 Å². The highest BCUT2D eigenvalue weighted by Gasteiger charge is 2.34. The van der Waals surface area contributed by atoms with Crippen molar-refractivity contribution >= 4 is 22.1 Å². The van der Waals surface area contributed by atoms with Crippen LogP contribution in [0.25, 0.3) is 0 Å². The van der Waals surface area contributed by atoms with Gasteiger partial charge < -0.3 is 5.73 Å². The van der Waals surface area contributed by atoms with Gasteiger partial charge in [-0.25, -0.2) is 4.31 Å². The SMILES string of the molecule is C=CC(=O)N(C(C)(C)C)S(=O)(=O)O.CC=C(C)C(N)=O. The lowest BCUT2D eigenvalue weighted by Gasteiger charge is -2.30. The van der Waals surface area contributed by atoms with Crippen LogP contribution in [0.2, 0.25) is 0 Å². The number of carbonyl (C=O) groups is 2. The first-order valence-electron chi connectivity index (χ1n) is 5.66. The Morgan fingerprint density at radius 1 is 1.30 bits per heavy atom. The van der Waals surface area contributed by atoms with E-state index in [2.05, 4.69) is 6.58 Å². The molecule has 0 spiro atoms. The molecule has 0 aromatic rings. The third kappa shape index (κ3) is 7.70. The van der Waals surface area contributed by atoms with Crippen LogP contribution in [0.15, 0.2) is 24.3 Å². The fourth-order valence-electron chi connectivity index (χ4n) is 1.02. The van der Waals surface area contributed by atoms with E-state index in [0.717, 1.165) is 6.08 Å². The van der Waals surface area contributed by atoms with Gasteiger partial charge in [-0.15, -0.1) is 0 Å². The van der Waals surface area contributed by atoms with Gasteiger partial charge in [0.2, 0.25) is 5.91 Å². The highest BCUT2D eigenvalue weighted by Crippen LogP contribution is 2.17. The summed E-state index contributed by atoms with van der Waals surface area (Å²) in [5, 5.41) is 0. The Bertz CT molecular complexity index is 500. The standard InChI is InChI=1S/C7H13NO4S.C5H9NO/c1-5-6(9)8(7(2,3)4)13(10,11)12;1-3-4(2)5(6)7/h5H,1H2,2-4H3,(H,10,11,12);3H,1-2H3,(H2,6,7). The number of rotatable bonds is 3. The number of carbonyl (C=O) groups excluding carboxylic acids is 2. The molecule has 0 fully saturated rings. The van der Waals surface area contributed by atoms with Gasteiger partial charge in [0, 0.05) is 5.57 Å². The molecule has 20 heavy (non-hydrogen) atoms. The van der Waals surface area contributed by atoms with Gasteiger partial charge in [0.15, 0.2) is 0 Å². The summed E-state index contributed by atoms with van der Waals surface area (Å²) in [4.78, 5) is 21.2. The molecule has 0 aliphatic heterocycles. The molecule has 0 unspecified atom stereocenters. The number of nitrogens with two attached hydrogens (primary N) is 1. The van der Waals surface area contributed by atoms with Crippen LogP contribution in [-0.2, 0) is 19.9 Å². The smallest absolute Gasteiger partial charge is 0.362 e. The van der Waals surface area contributed by atoms with E-state index >= 15 is 0 Å². The summed E-state index contributed by atoms with van der Waals surface area (Å²) in [5.74, 6) is -1.20. The maximum atomic E-state index is 11.1. The average Bonchev–Trinajstić information content (AvgIpc) is 2.24. The second-order valence-corrected chi connectivity index (χ2v) is 6.05. The summed E-state index contributed by atoms with van der Waals surface area (Å²) >= 11 is 0. The molecule has 0 bridgehead atoms. The van der Waals surface area contributed by atoms with Crippen molar-refractivity contribution in [2.75, 3.05) is 0 Å². The van der Waals surface area contributed by atoms with Gasteiger partial charge in [0.05, 0.1) is 5.54 Å². The molecular weight excluding hydrogens is 284 g/mol. The van der Waals surface area contributed by atoms with Crippen molar-refractivity contribution in [3.05, 3.63) is 24.3 Å². The fraction of sp³-hybridized carbons (Fsp3) is 0.500. The van der Waals surface area contributed by atoms with Crippen LogP contribution in [0.5, 0.6) is 0 Å². The molecule has 0 aliphatic rings. The number of hydrogen-bond donors (Lipinski definition) is 2. The van der Waals surface area contributed by atoms with E-state index < -0.39 is 21.8 Å². The molecule has 0 heterocycles. The zero-order chi connectivity index (χ0) is 16.7. The van der Waals surface area contributed by atoms with E-state index in [1.54, 1.807) is 19.9 Å². The summed E-state index contributed by atoms with van der Waals surface area (Å²) in [6.45, 7) is 11.1. The highest BCUT2D eigenvalue weighted by molar-refractivity contribution is 7.84. The first-order chi connectivity index (χ1) is 8.78. The Morgan fingerprint density at radius 3 is 1.75 bits per heavy atom. The molecule has 3 N–H and O–H groups in total. The number of nitrogens with zero attached hydrogens (tertiary/aromatic N) is 1. The molecular formula is C12H22N2O5S. The largest absolute Gasteiger partial charge is 0.366 e. The van der Waals surface area contributed by atoms with E-state index in [4.69, 9.17) is 10.3 Å². The Balaban J connectivity index is 0. The molecule has 0 saturated heterocycles. The zero-order valence-electron chi connectivity index (χ0n) is 12.4. The van der Waals surface area contributed by atoms with Gasteiger partial charge in [-0.2, -0.15) is 8.42 Å². The third-order valence-electron chi connectivity index (χ3n) is 2.04. The number of amides is 2. The van der Waals surface area contributed by atoms with Crippen molar-refractivity contribution < 1.29 is 22.6 Å². The van der Waals surface area contributed by atoms with Gasteiger partial charge in [-0.05, 0) is 40.7 Å². The van der Waals surface area contributed by atoms with Crippen LogP contribution in [0, 0.1) is 0 Å². The van der Waals surface area contributed by atoms with Gasteiger partial charge in [-0.3, -0.25) is 14.1 Å². The third-order valence-corrected chi connectivity index (χ3v) is 3.23. The Hall–Kier alpha value is -1.67. The minimum Gasteiger partial charge on any atom is -0.366 e. The monoisotopic (exact) mass is 306 g/mol. The van der Waals surface area contributed by atoms with E-state index in [-0.39, 0.29) is 5.91 Å². The number of hydrogen-bond acceptors (Lipinski definition) is 4. The Labute approximate surface area is 120 Å². The van der Waals surface area contributed by atoms with Gasteiger partial charge in [-0.1, -0.05) is 12.7 Å². The first kappa shape index (κ1) is 20.6. The fourth-order valence-corrected chi connectivity index (χ4v) is 2.01. The number of primary amides is 1. The first-order valence-corrected chi connectivity index (χ1v) is 7.05. The Kier molecular flexibility index (Phi) is 8.06. The molecule has 0 saturated carbocycles. The summed E-state index contributed by atoms with van der Waals surface area (Å²) in [6.07, 6.45) is 2.52. The second-order valence-electron chi connectivity index (χ2n) is 4.79. The normalized spacial score (nSPS) is 12.0. The molecule has 0 aliphatic carbocycles. The molecule has 0 atom stereocenters.